The number of hydrogen-bond acceptors (Lipinski definition) is 6. The zero-order valence-electron chi connectivity index (χ0n) is 15.5. The lowest BCUT2D eigenvalue weighted by Crippen LogP contribution is -2.49. The van der Waals surface area contributed by atoms with E-state index in [1.807, 2.05) is 35.2 Å². The van der Waals surface area contributed by atoms with Crippen molar-refractivity contribution in [2.45, 2.75) is 4.90 Å². The highest BCUT2D eigenvalue weighted by Gasteiger charge is 2.31. The average Bonchev–Trinajstić information content (AvgIpc) is 2.77. The summed E-state index contributed by atoms with van der Waals surface area (Å²) in [7, 11) is -3.79. The number of rotatable bonds is 4. The van der Waals surface area contributed by atoms with Crippen LogP contribution in [0, 0.1) is 0 Å². The van der Waals surface area contributed by atoms with Crippen molar-refractivity contribution in [2.75, 3.05) is 31.1 Å². The van der Waals surface area contributed by atoms with Gasteiger partial charge in [0.25, 0.3) is 0 Å². The van der Waals surface area contributed by atoms with Gasteiger partial charge in [-0.3, -0.25) is 4.98 Å². The number of anilines is 1. The summed E-state index contributed by atoms with van der Waals surface area (Å²) < 4.78 is 27.4. The van der Waals surface area contributed by atoms with Crippen LogP contribution in [0.3, 0.4) is 0 Å². The fourth-order valence-corrected chi connectivity index (χ4v) is 5.54. The third-order valence-corrected chi connectivity index (χ3v) is 7.82. The molecule has 156 valence electrons. The number of aromatic nitrogens is 3. The standard InChI is InChI=1S/C19H16Cl3N5O2S/c20-13-11-15(22)18(12-14(13)21)30(28,29)27-9-7-26(8-10-27)19-5-4-17(24-25-19)16-3-1-2-6-23-16/h1-6,11-12H,7-10H2. The predicted molar refractivity (Wildman–Crippen MR) is 118 cm³/mol. The van der Waals surface area contributed by atoms with Gasteiger partial charge in [0.2, 0.25) is 10.0 Å². The minimum atomic E-state index is -3.79. The van der Waals surface area contributed by atoms with Crippen LogP contribution in [0.5, 0.6) is 0 Å². The van der Waals surface area contributed by atoms with E-state index in [-0.39, 0.29) is 33.1 Å². The summed E-state index contributed by atoms with van der Waals surface area (Å²) in [5, 5.41) is 8.90. The lowest BCUT2D eigenvalue weighted by Gasteiger charge is -2.34. The van der Waals surface area contributed by atoms with Crippen molar-refractivity contribution in [1.82, 2.24) is 19.5 Å². The maximum Gasteiger partial charge on any atom is 0.244 e. The largest absolute Gasteiger partial charge is 0.352 e. The number of sulfonamides is 1. The van der Waals surface area contributed by atoms with Gasteiger partial charge in [-0.05, 0) is 36.4 Å². The smallest absolute Gasteiger partial charge is 0.244 e. The van der Waals surface area contributed by atoms with Gasteiger partial charge in [-0.25, -0.2) is 8.42 Å². The van der Waals surface area contributed by atoms with Gasteiger partial charge in [0.15, 0.2) is 5.82 Å². The molecule has 0 amide bonds. The van der Waals surface area contributed by atoms with Crippen LogP contribution in [0.4, 0.5) is 5.82 Å². The van der Waals surface area contributed by atoms with E-state index in [1.54, 1.807) is 6.20 Å². The summed E-state index contributed by atoms with van der Waals surface area (Å²) >= 11 is 18.0. The maximum absolute atomic E-state index is 13.0. The number of benzene rings is 1. The van der Waals surface area contributed by atoms with E-state index in [0.29, 0.717) is 24.6 Å². The Morgan fingerprint density at radius 3 is 2.17 bits per heavy atom. The molecule has 4 rings (SSSR count). The van der Waals surface area contributed by atoms with Crippen LogP contribution in [0.1, 0.15) is 0 Å². The zero-order valence-corrected chi connectivity index (χ0v) is 18.6. The molecular formula is C19H16Cl3N5O2S. The Labute approximate surface area is 189 Å². The monoisotopic (exact) mass is 483 g/mol. The van der Waals surface area contributed by atoms with Gasteiger partial charge in [-0.2, -0.15) is 4.31 Å². The first kappa shape index (κ1) is 21.3. The molecule has 0 aliphatic carbocycles. The number of nitrogens with zero attached hydrogens (tertiary/aromatic N) is 5. The third-order valence-electron chi connectivity index (χ3n) is 4.73. The Bertz CT molecular complexity index is 1150. The molecule has 7 nitrogen and oxygen atoms in total. The van der Waals surface area contributed by atoms with Crippen molar-refractivity contribution >= 4 is 50.6 Å². The number of pyridine rings is 1. The minimum absolute atomic E-state index is 0.0443. The molecule has 1 aliphatic rings. The van der Waals surface area contributed by atoms with Crippen LogP contribution in [0.15, 0.2) is 53.6 Å². The minimum Gasteiger partial charge on any atom is -0.352 e. The average molecular weight is 485 g/mol. The summed E-state index contributed by atoms with van der Waals surface area (Å²) in [6.45, 7) is 1.50. The van der Waals surface area contributed by atoms with Crippen molar-refractivity contribution in [1.29, 1.82) is 0 Å². The Morgan fingerprint density at radius 1 is 0.800 bits per heavy atom. The summed E-state index contributed by atoms with van der Waals surface area (Å²) in [6.07, 6.45) is 1.70. The molecule has 3 heterocycles. The molecule has 1 aromatic carbocycles. The van der Waals surface area contributed by atoms with Crippen LogP contribution in [-0.2, 0) is 10.0 Å². The van der Waals surface area contributed by atoms with Gasteiger partial charge in [-0.15, -0.1) is 10.2 Å². The Kier molecular flexibility index (Phi) is 6.13. The maximum atomic E-state index is 13.0. The normalized spacial score (nSPS) is 15.4. The summed E-state index contributed by atoms with van der Waals surface area (Å²) in [5.41, 5.74) is 1.42. The highest BCUT2D eigenvalue weighted by molar-refractivity contribution is 7.89. The first-order valence-corrected chi connectivity index (χ1v) is 11.6. The molecule has 11 heteroatoms. The Morgan fingerprint density at radius 2 is 1.53 bits per heavy atom. The van der Waals surface area contributed by atoms with Crippen LogP contribution >= 0.6 is 34.8 Å². The highest BCUT2D eigenvalue weighted by Crippen LogP contribution is 2.33. The van der Waals surface area contributed by atoms with Gasteiger partial charge in [-0.1, -0.05) is 40.9 Å². The number of hydrogen-bond donors (Lipinski definition) is 0. The molecule has 0 N–H and O–H groups in total. The van der Waals surface area contributed by atoms with E-state index >= 15 is 0 Å². The van der Waals surface area contributed by atoms with Crippen molar-refractivity contribution in [3.63, 3.8) is 0 Å². The van der Waals surface area contributed by atoms with Crippen molar-refractivity contribution in [2.24, 2.45) is 0 Å². The van der Waals surface area contributed by atoms with E-state index in [4.69, 9.17) is 34.8 Å². The second kappa shape index (κ2) is 8.64. The van der Waals surface area contributed by atoms with Gasteiger partial charge < -0.3 is 4.90 Å². The molecular weight excluding hydrogens is 469 g/mol. The van der Waals surface area contributed by atoms with Gasteiger partial charge in [0, 0.05) is 32.4 Å². The van der Waals surface area contributed by atoms with E-state index in [1.165, 1.54) is 16.4 Å². The molecule has 0 spiro atoms. The number of piperazine rings is 1. The van der Waals surface area contributed by atoms with Crippen LogP contribution in [-0.4, -0.2) is 54.1 Å². The molecule has 2 aromatic heterocycles. The first-order chi connectivity index (χ1) is 14.4. The van der Waals surface area contributed by atoms with E-state index in [0.717, 1.165) is 5.69 Å². The molecule has 1 fully saturated rings. The second-order valence-electron chi connectivity index (χ2n) is 6.58. The van der Waals surface area contributed by atoms with Crippen LogP contribution in [0.25, 0.3) is 11.4 Å². The SMILES string of the molecule is O=S(=O)(c1cc(Cl)c(Cl)cc1Cl)N1CCN(c2ccc(-c3ccccn3)nn2)CC1. The van der Waals surface area contributed by atoms with Gasteiger partial charge >= 0.3 is 0 Å². The molecule has 0 radical (unpaired) electrons. The molecule has 0 bridgehead atoms. The summed E-state index contributed by atoms with van der Waals surface area (Å²) in [5.74, 6) is 0.680. The van der Waals surface area contributed by atoms with Crippen molar-refractivity contribution < 1.29 is 8.42 Å². The summed E-state index contributed by atoms with van der Waals surface area (Å²) in [6, 6.07) is 11.9. The first-order valence-electron chi connectivity index (χ1n) is 9.01. The second-order valence-corrected chi connectivity index (χ2v) is 9.71. The number of halogens is 3. The molecule has 0 saturated carbocycles. The van der Waals surface area contributed by atoms with Crippen LogP contribution < -0.4 is 4.90 Å². The fourth-order valence-electron chi connectivity index (χ4n) is 3.14. The lowest BCUT2D eigenvalue weighted by molar-refractivity contribution is 0.383. The molecule has 1 saturated heterocycles. The Hall–Kier alpha value is -1.97. The fraction of sp³-hybridized carbons (Fsp3) is 0.211. The molecule has 3 aromatic rings. The highest BCUT2D eigenvalue weighted by atomic mass is 35.5. The van der Waals surface area contributed by atoms with E-state index < -0.39 is 10.0 Å². The zero-order chi connectivity index (χ0) is 21.3. The molecule has 1 aliphatic heterocycles. The lowest BCUT2D eigenvalue weighted by atomic mass is 10.2. The van der Waals surface area contributed by atoms with Gasteiger partial charge in [0.05, 0.1) is 20.8 Å². The van der Waals surface area contributed by atoms with Crippen molar-refractivity contribution in [3.8, 4) is 11.4 Å². The third kappa shape index (κ3) is 4.24. The predicted octanol–water partition coefficient (Wildman–Crippen LogP) is 4.01. The Balaban J connectivity index is 1.47. The molecule has 30 heavy (non-hydrogen) atoms. The summed E-state index contributed by atoms with van der Waals surface area (Å²) in [4.78, 5) is 6.19. The molecule has 0 unspecified atom stereocenters. The van der Waals surface area contributed by atoms with E-state index in [2.05, 4.69) is 15.2 Å². The molecule has 0 atom stereocenters. The van der Waals surface area contributed by atoms with E-state index in [9.17, 15) is 8.42 Å². The van der Waals surface area contributed by atoms with Gasteiger partial charge in [0.1, 0.15) is 10.6 Å². The van der Waals surface area contributed by atoms with Crippen molar-refractivity contribution in [3.05, 3.63) is 63.7 Å². The quantitative estimate of drug-likeness (QED) is 0.521. The van der Waals surface area contributed by atoms with Crippen LogP contribution in [0.2, 0.25) is 15.1 Å². The topological polar surface area (TPSA) is 79.3 Å².